The lowest BCUT2D eigenvalue weighted by Crippen LogP contribution is -1.98. The molecule has 2 rings (SSSR count). The van der Waals surface area contributed by atoms with E-state index in [2.05, 4.69) is 18.8 Å². The molecule has 0 unspecified atom stereocenters. The van der Waals surface area contributed by atoms with Crippen LogP contribution in [0.15, 0.2) is 10.5 Å². The molecule has 4 heteroatoms. The average molecular weight is 260 g/mol. The molecule has 0 saturated carbocycles. The van der Waals surface area contributed by atoms with Gasteiger partial charge in [0.25, 0.3) is 6.01 Å². The summed E-state index contributed by atoms with van der Waals surface area (Å²) in [5, 5.41) is 0. The van der Waals surface area contributed by atoms with Gasteiger partial charge in [-0.3, -0.25) is 0 Å². The number of ether oxygens (including phenoxy) is 1. The van der Waals surface area contributed by atoms with E-state index in [4.69, 9.17) is 14.9 Å². The van der Waals surface area contributed by atoms with Crippen molar-refractivity contribution < 1.29 is 9.15 Å². The maximum Gasteiger partial charge on any atom is 0.292 e. The molecule has 0 bridgehead atoms. The number of hydrogen-bond acceptors (Lipinski definition) is 4. The van der Waals surface area contributed by atoms with E-state index in [0.29, 0.717) is 0 Å². The molecule has 0 radical (unpaired) electrons. The molecule has 0 fully saturated rings. The van der Waals surface area contributed by atoms with Crippen LogP contribution in [-0.4, -0.2) is 12.1 Å². The molecule has 4 nitrogen and oxygen atoms in total. The van der Waals surface area contributed by atoms with Gasteiger partial charge in [-0.15, -0.1) is 0 Å². The summed E-state index contributed by atoms with van der Waals surface area (Å²) in [5.74, 6) is 1.72. The Bertz CT molecular complexity index is 615. The maximum absolute atomic E-state index is 5.68. The van der Waals surface area contributed by atoms with Crippen molar-refractivity contribution in [3.63, 3.8) is 0 Å². The highest BCUT2D eigenvalue weighted by atomic mass is 16.5. The fourth-order valence-electron chi connectivity index (χ4n) is 2.43. The van der Waals surface area contributed by atoms with Gasteiger partial charge in [0.05, 0.1) is 7.11 Å². The fraction of sp³-hybridized carbons (Fsp3) is 0.400. The van der Waals surface area contributed by atoms with Gasteiger partial charge in [-0.1, -0.05) is 6.92 Å². The number of rotatable bonds is 3. The van der Waals surface area contributed by atoms with E-state index in [1.54, 1.807) is 7.11 Å². The highest BCUT2D eigenvalue weighted by molar-refractivity contribution is 5.73. The van der Waals surface area contributed by atoms with Gasteiger partial charge in [0.2, 0.25) is 0 Å². The topological polar surface area (TPSA) is 61.3 Å². The van der Waals surface area contributed by atoms with Crippen molar-refractivity contribution in [3.05, 3.63) is 28.5 Å². The van der Waals surface area contributed by atoms with E-state index in [9.17, 15) is 0 Å². The Morgan fingerprint density at radius 2 is 1.95 bits per heavy atom. The summed E-state index contributed by atoms with van der Waals surface area (Å²) in [5.41, 5.74) is 11.0. The normalized spacial score (nSPS) is 10.8. The number of aryl methyl sites for hydroxylation is 2. The van der Waals surface area contributed by atoms with Crippen LogP contribution >= 0.6 is 0 Å². The molecular formula is C15H20N2O2. The van der Waals surface area contributed by atoms with Crippen LogP contribution in [0.3, 0.4) is 0 Å². The van der Waals surface area contributed by atoms with E-state index < -0.39 is 0 Å². The highest BCUT2D eigenvalue weighted by Crippen LogP contribution is 2.36. The summed E-state index contributed by atoms with van der Waals surface area (Å²) in [6.45, 7) is 8.20. The molecule has 1 aromatic heterocycles. The summed E-state index contributed by atoms with van der Waals surface area (Å²) in [4.78, 5) is 4.34. The number of aromatic nitrogens is 1. The van der Waals surface area contributed by atoms with Gasteiger partial charge in [0.1, 0.15) is 17.2 Å². The fourth-order valence-corrected chi connectivity index (χ4v) is 2.43. The van der Waals surface area contributed by atoms with Crippen LogP contribution in [0.25, 0.3) is 11.3 Å². The van der Waals surface area contributed by atoms with E-state index in [-0.39, 0.29) is 6.01 Å². The second-order valence-electron chi connectivity index (χ2n) is 4.70. The summed E-state index contributed by atoms with van der Waals surface area (Å²) in [6.07, 6.45) is 0.767. The second-order valence-corrected chi connectivity index (χ2v) is 4.70. The summed E-state index contributed by atoms with van der Waals surface area (Å²) < 4.78 is 10.9. The monoisotopic (exact) mass is 260 g/mol. The molecule has 2 aromatic rings. The van der Waals surface area contributed by atoms with Gasteiger partial charge in [-0.25, -0.2) is 0 Å². The summed E-state index contributed by atoms with van der Waals surface area (Å²) >= 11 is 0. The van der Waals surface area contributed by atoms with Crippen LogP contribution in [0.2, 0.25) is 0 Å². The summed E-state index contributed by atoms with van der Waals surface area (Å²) in [6, 6.07) is 2.25. The maximum atomic E-state index is 5.68. The van der Waals surface area contributed by atoms with E-state index in [1.807, 2.05) is 19.9 Å². The largest absolute Gasteiger partial charge is 0.496 e. The Morgan fingerprint density at radius 1 is 1.26 bits per heavy atom. The molecule has 1 aromatic carbocycles. The molecule has 1 heterocycles. The number of oxazole rings is 1. The van der Waals surface area contributed by atoms with E-state index >= 15 is 0 Å². The number of nitrogens with zero attached hydrogens (tertiary/aromatic N) is 1. The SMILES string of the molecule is CCc1oc(N)nc1-c1c(C)cc(OC)c(C)c1C. The first-order chi connectivity index (χ1) is 8.99. The summed E-state index contributed by atoms with van der Waals surface area (Å²) in [7, 11) is 1.69. The van der Waals surface area contributed by atoms with Gasteiger partial charge < -0.3 is 14.9 Å². The Labute approximate surface area is 113 Å². The molecule has 2 N–H and O–H groups in total. The minimum absolute atomic E-state index is 0.221. The first-order valence-electron chi connectivity index (χ1n) is 6.39. The molecule has 0 saturated heterocycles. The minimum atomic E-state index is 0.221. The van der Waals surface area contributed by atoms with Crippen LogP contribution in [0.4, 0.5) is 6.01 Å². The number of benzene rings is 1. The zero-order valence-corrected chi connectivity index (χ0v) is 12.1. The lowest BCUT2D eigenvalue weighted by Gasteiger charge is -2.15. The Hall–Kier alpha value is -1.97. The van der Waals surface area contributed by atoms with Gasteiger partial charge in [0, 0.05) is 12.0 Å². The first kappa shape index (κ1) is 13.5. The number of nitrogens with two attached hydrogens (primary N) is 1. The molecule has 0 atom stereocenters. The molecule has 102 valence electrons. The quantitative estimate of drug-likeness (QED) is 0.918. The molecule has 0 aliphatic rings. The number of anilines is 1. The molecule has 0 aliphatic heterocycles. The Kier molecular flexibility index (Phi) is 3.51. The van der Waals surface area contributed by atoms with Crippen LogP contribution in [-0.2, 0) is 6.42 Å². The molecule has 19 heavy (non-hydrogen) atoms. The predicted octanol–water partition coefficient (Wildman–Crippen LogP) is 3.42. The Morgan fingerprint density at radius 3 is 2.53 bits per heavy atom. The highest BCUT2D eigenvalue weighted by Gasteiger charge is 2.19. The van der Waals surface area contributed by atoms with Crippen molar-refractivity contribution in [2.24, 2.45) is 0 Å². The third-order valence-electron chi connectivity index (χ3n) is 3.54. The van der Waals surface area contributed by atoms with Crippen LogP contribution in [0, 0.1) is 20.8 Å². The van der Waals surface area contributed by atoms with Crippen molar-refractivity contribution in [2.45, 2.75) is 34.1 Å². The smallest absolute Gasteiger partial charge is 0.292 e. The van der Waals surface area contributed by atoms with Crippen molar-refractivity contribution in [1.29, 1.82) is 0 Å². The van der Waals surface area contributed by atoms with Crippen molar-refractivity contribution in [2.75, 3.05) is 12.8 Å². The third-order valence-corrected chi connectivity index (χ3v) is 3.54. The Balaban J connectivity index is 2.72. The average Bonchev–Trinajstić information content (AvgIpc) is 2.75. The van der Waals surface area contributed by atoms with Crippen LogP contribution in [0.1, 0.15) is 29.4 Å². The lowest BCUT2D eigenvalue weighted by atomic mass is 9.94. The van der Waals surface area contributed by atoms with Gasteiger partial charge in [0.15, 0.2) is 0 Å². The molecular weight excluding hydrogens is 240 g/mol. The van der Waals surface area contributed by atoms with Gasteiger partial charge in [-0.2, -0.15) is 4.98 Å². The van der Waals surface area contributed by atoms with Crippen molar-refractivity contribution >= 4 is 6.01 Å². The second kappa shape index (κ2) is 4.96. The first-order valence-corrected chi connectivity index (χ1v) is 6.39. The molecule has 0 amide bonds. The number of methoxy groups -OCH3 is 1. The molecule has 0 spiro atoms. The van der Waals surface area contributed by atoms with E-state index in [1.165, 1.54) is 0 Å². The van der Waals surface area contributed by atoms with Gasteiger partial charge in [-0.05, 0) is 43.5 Å². The predicted molar refractivity (Wildman–Crippen MR) is 76.5 cm³/mol. The number of nitrogen functional groups attached to an aromatic ring is 1. The van der Waals surface area contributed by atoms with Crippen LogP contribution in [0.5, 0.6) is 5.75 Å². The third kappa shape index (κ3) is 2.18. The van der Waals surface area contributed by atoms with Crippen molar-refractivity contribution in [1.82, 2.24) is 4.98 Å². The molecule has 0 aliphatic carbocycles. The van der Waals surface area contributed by atoms with E-state index in [0.717, 1.165) is 45.9 Å². The minimum Gasteiger partial charge on any atom is -0.496 e. The lowest BCUT2D eigenvalue weighted by molar-refractivity contribution is 0.411. The standard InChI is InChI=1S/C15H20N2O2/c1-6-11-14(17-15(16)19-11)13-8(2)7-12(18-5)9(3)10(13)4/h7H,6H2,1-5H3,(H2,16,17). The zero-order valence-electron chi connectivity index (χ0n) is 12.1. The van der Waals surface area contributed by atoms with Crippen molar-refractivity contribution in [3.8, 4) is 17.0 Å². The number of hydrogen-bond donors (Lipinski definition) is 1. The van der Waals surface area contributed by atoms with Gasteiger partial charge >= 0.3 is 0 Å². The zero-order chi connectivity index (χ0) is 14.2. The van der Waals surface area contributed by atoms with Crippen LogP contribution < -0.4 is 10.5 Å².